The first kappa shape index (κ1) is 12.5. The number of hydrogen-bond acceptors (Lipinski definition) is 2. The van der Waals surface area contributed by atoms with Crippen LogP contribution in [0.5, 0.6) is 5.75 Å². The van der Waals surface area contributed by atoms with Crippen LogP contribution in [0.1, 0.15) is 26.3 Å². The fourth-order valence-electron chi connectivity index (χ4n) is 1.54. The summed E-state index contributed by atoms with van der Waals surface area (Å²) in [6.45, 7) is 8.51. The van der Waals surface area contributed by atoms with Gasteiger partial charge >= 0.3 is 0 Å². The standard InChI is InChI=1S/C12H18BrNO/c1-4-14(9(2)3)8-10-5-6-12(15)11(13)7-10/h5-7,9,15H,4,8H2,1-3H3. The van der Waals surface area contributed by atoms with Crippen LogP contribution in [0, 0.1) is 0 Å². The Balaban J connectivity index is 2.75. The van der Waals surface area contributed by atoms with Gasteiger partial charge in [0.05, 0.1) is 4.47 Å². The van der Waals surface area contributed by atoms with Gasteiger partial charge < -0.3 is 5.11 Å². The van der Waals surface area contributed by atoms with Crippen molar-refractivity contribution in [1.82, 2.24) is 4.90 Å². The summed E-state index contributed by atoms with van der Waals surface area (Å²) in [6.07, 6.45) is 0. The molecule has 1 rings (SSSR count). The fourth-order valence-corrected chi connectivity index (χ4v) is 1.97. The maximum atomic E-state index is 9.38. The van der Waals surface area contributed by atoms with E-state index in [1.54, 1.807) is 6.07 Å². The van der Waals surface area contributed by atoms with Crippen LogP contribution in [0.25, 0.3) is 0 Å². The van der Waals surface area contributed by atoms with E-state index in [1.807, 2.05) is 12.1 Å². The first-order valence-electron chi connectivity index (χ1n) is 5.26. The largest absolute Gasteiger partial charge is 0.507 e. The Kier molecular flexibility index (Phi) is 4.61. The van der Waals surface area contributed by atoms with Crippen LogP contribution in [0.15, 0.2) is 22.7 Å². The maximum absolute atomic E-state index is 9.38. The van der Waals surface area contributed by atoms with E-state index in [2.05, 4.69) is 41.6 Å². The molecule has 0 saturated heterocycles. The number of benzene rings is 1. The van der Waals surface area contributed by atoms with Gasteiger partial charge in [0.25, 0.3) is 0 Å². The Labute approximate surface area is 100 Å². The van der Waals surface area contributed by atoms with Gasteiger partial charge in [-0.3, -0.25) is 4.90 Å². The van der Waals surface area contributed by atoms with E-state index >= 15 is 0 Å². The number of nitrogens with zero attached hydrogens (tertiary/aromatic N) is 1. The zero-order chi connectivity index (χ0) is 11.4. The Morgan fingerprint density at radius 2 is 2.07 bits per heavy atom. The highest BCUT2D eigenvalue weighted by atomic mass is 79.9. The summed E-state index contributed by atoms with van der Waals surface area (Å²) in [6, 6.07) is 6.21. The molecule has 0 heterocycles. The van der Waals surface area contributed by atoms with Gasteiger partial charge in [-0.15, -0.1) is 0 Å². The molecule has 0 aliphatic carbocycles. The minimum absolute atomic E-state index is 0.298. The molecular formula is C12H18BrNO. The number of rotatable bonds is 4. The minimum atomic E-state index is 0.298. The number of aromatic hydroxyl groups is 1. The topological polar surface area (TPSA) is 23.5 Å². The number of halogens is 1. The number of phenols is 1. The lowest BCUT2D eigenvalue weighted by Crippen LogP contribution is -2.29. The average molecular weight is 272 g/mol. The van der Waals surface area contributed by atoms with E-state index in [0.29, 0.717) is 11.8 Å². The van der Waals surface area contributed by atoms with Crippen LogP contribution >= 0.6 is 15.9 Å². The highest BCUT2D eigenvalue weighted by Gasteiger charge is 2.08. The molecule has 1 aromatic rings. The van der Waals surface area contributed by atoms with Gasteiger partial charge in [0.15, 0.2) is 0 Å². The molecule has 0 atom stereocenters. The lowest BCUT2D eigenvalue weighted by molar-refractivity contribution is 0.225. The van der Waals surface area contributed by atoms with Crippen molar-refractivity contribution in [3.05, 3.63) is 28.2 Å². The molecule has 1 N–H and O–H groups in total. The van der Waals surface area contributed by atoms with E-state index < -0.39 is 0 Å². The SMILES string of the molecule is CCN(Cc1ccc(O)c(Br)c1)C(C)C. The van der Waals surface area contributed by atoms with Crippen molar-refractivity contribution in [3.63, 3.8) is 0 Å². The van der Waals surface area contributed by atoms with Gasteiger partial charge in [0.2, 0.25) is 0 Å². The predicted molar refractivity (Wildman–Crippen MR) is 67.0 cm³/mol. The zero-order valence-corrected chi connectivity index (χ0v) is 11.1. The Hall–Kier alpha value is -0.540. The summed E-state index contributed by atoms with van der Waals surface area (Å²) >= 11 is 3.33. The summed E-state index contributed by atoms with van der Waals surface area (Å²) in [5.41, 5.74) is 1.22. The second-order valence-electron chi connectivity index (χ2n) is 3.94. The van der Waals surface area contributed by atoms with Gasteiger partial charge in [-0.1, -0.05) is 13.0 Å². The number of phenolic OH excluding ortho intramolecular Hbond substituents is 1. The molecule has 84 valence electrons. The Bertz CT molecular complexity index is 325. The molecular weight excluding hydrogens is 254 g/mol. The van der Waals surface area contributed by atoms with Crippen molar-refractivity contribution in [1.29, 1.82) is 0 Å². The summed E-state index contributed by atoms with van der Waals surface area (Å²) in [4.78, 5) is 2.37. The van der Waals surface area contributed by atoms with Crippen molar-refractivity contribution in [2.45, 2.75) is 33.4 Å². The third-order valence-electron chi connectivity index (χ3n) is 2.53. The van der Waals surface area contributed by atoms with Crippen LogP contribution in [0.2, 0.25) is 0 Å². The van der Waals surface area contributed by atoms with E-state index in [1.165, 1.54) is 5.56 Å². The van der Waals surface area contributed by atoms with Crippen molar-refractivity contribution < 1.29 is 5.11 Å². The monoisotopic (exact) mass is 271 g/mol. The van der Waals surface area contributed by atoms with Crippen LogP contribution in [-0.2, 0) is 6.54 Å². The smallest absolute Gasteiger partial charge is 0.129 e. The normalized spacial score (nSPS) is 11.3. The molecule has 0 aromatic heterocycles. The molecule has 1 aromatic carbocycles. The van der Waals surface area contributed by atoms with Gasteiger partial charge in [-0.25, -0.2) is 0 Å². The third-order valence-corrected chi connectivity index (χ3v) is 3.17. The van der Waals surface area contributed by atoms with Gasteiger partial charge in [0.1, 0.15) is 5.75 Å². The van der Waals surface area contributed by atoms with Crippen molar-refractivity contribution in [2.75, 3.05) is 6.54 Å². The van der Waals surface area contributed by atoms with E-state index in [9.17, 15) is 5.11 Å². The predicted octanol–water partition coefficient (Wildman–Crippen LogP) is 3.39. The van der Waals surface area contributed by atoms with Crippen LogP contribution in [-0.4, -0.2) is 22.6 Å². The summed E-state index contributed by atoms with van der Waals surface area (Å²) in [5.74, 6) is 0.298. The molecule has 0 fully saturated rings. The third kappa shape index (κ3) is 3.50. The molecule has 0 aliphatic rings. The van der Waals surface area contributed by atoms with Crippen LogP contribution in [0.3, 0.4) is 0 Å². The van der Waals surface area contributed by atoms with Crippen LogP contribution < -0.4 is 0 Å². The summed E-state index contributed by atoms with van der Waals surface area (Å²) in [7, 11) is 0. The first-order chi connectivity index (χ1) is 7.04. The number of hydrogen-bond donors (Lipinski definition) is 1. The summed E-state index contributed by atoms with van der Waals surface area (Å²) in [5, 5.41) is 9.38. The zero-order valence-electron chi connectivity index (χ0n) is 9.50. The van der Waals surface area contributed by atoms with Crippen molar-refractivity contribution >= 4 is 15.9 Å². The molecule has 0 amide bonds. The first-order valence-corrected chi connectivity index (χ1v) is 6.05. The average Bonchev–Trinajstić information content (AvgIpc) is 2.19. The molecule has 15 heavy (non-hydrogen) atoms. The molecule has 3 heteroatoms. The van der Waals surface area contributed by atoms with E-state index in [-0.39, 0.29) is 0 Å². The quantitative estimate of drug-likeness (QED) is 0.908. The Morgan fingerprint density at radius 1 is 1.40 bits per heavy atom. The molecule has 0 aliphatic heterocycles. The molecule has 0 bridgehead atoms. The van der Waals surface area contributed by atoms with Gasteiger partial charge in [-0.05, 0) is 54.0 Å². The second-order valence-corrected chi connectivity index (χ2v) is 4.80. The lowest BCUT2D eigenvalue weighted by Gasteiger charge is -2.24. The molecule has 2 nitrogen and oxygen atoms in total. The van der Waals surface area contributed by atoms with Gasteiger partial charge in [0, 0.05) is 12.6 Å². The molecule has 0 radical (unpaired) electrons. The van der Waals surface area contributed by atoms with Gasteiger partial charge in [-0.2, -0.15) is 0 Å². The second kappa shape index (κ2) is 5.52. The van der Waals surface area contributed by atoms with E-state index in [4.69, 9.17) is 0 Å². The van der Waals surface area contributed by atoms with E-state index in [0.717, 1.165) is 17.6 Å². The van der Waals surface area contributed by atoms with Crippen molar-refractivity contribution in [2.24, 2.45) is 0 Å². The maximum Gasteiger partial charge on any atom is 0.129 e. The van der Waals surface area contributed by atoms with Crippen LogP contribution in [0.4, 0.5) is 0 Å². The highest BCUT2D eigenvalue weighted by molar-refractivity contribution is 9.10. The lowest BCUT2D eigenvalue weighted by atomic mass is 10.2. The minimum Gasteiger partial charge on any atom is -0.507 e. The summed E-state index contributed by atoms with van der Waals surface area (Å²) < 4.78 is 0.764. The Morgan fingerprint density at radius 3 is 2.53 bits per heavy atom. The highest BCUT2D eigenvalue weighted by Crippen LogP contribution is 2.25. The van der Waals surface area contributed by atoms with Crippen molar-refractivity contribution in [3.8, 4) is 5.75 Å². The molecule has 0 saturated carbocycles. The molecule has 0 spiro atoms. The molecule has 0 unspecified atom stereocenters. The fraction of sp³-hybridized carbons (Fsp3) is 0.500.